The van der Waals surface area contributed by atoms with Crippen LogP contribution in [0.15, 0.2) is 34.2 Å². The SMILES string of the molecule is CN=C(NCc1cccc(S(N)(=O)=O)c1)NCC(C)C. The number of nitrogens with zero attached hydrogens (tertiary/aromatic N) is 1. The molecule has 0 spiro atoms. The van der Waals surface area contributed by atoms with Crippen molar-refractivity contribution >= 4 is 16.0 Å². The van der Waals surface area contributed by atoms with Crippen molar-refractivity contribution in [1.29, 1.82) is 0 Å². The summed E-state index contributed by atoms with van der Waals surface area (Å²) in [6.07, 6.45) is 0. The number of primary sulfonamides is 1. The molecule has 0 amide bonds. The van der Waals surface area contributed by atoms with E-state index in [1.54, 1.807) is 19.2 Å². The molecule has 112 valence electrons. The van der Waals surface area contributed by atoms with E-state index in [0.717, 1.165) is 12.1 Å². The van der Waals surface area contributed by atoms with Crippen molar-refractivity contribution in [1.82, 2.24) is 10.6 Å². The normalized spacial score (nSPS) is 12.6. The van der Waals surface area contributed by atoms with Crippen molar-refractivity contribution in [3.8, 4) is 0 Å². The van der Waals surface area contributed by atoms with Crippen molar-refractivity contribution in [3.63, 3.8) is 0 Å². The zero-order valence-corrected chi connectivity index (χ0v) is 12.9. The largest absolute Gasteiger partial charge is 0.356 e. The lowest BCUT2D eigenvalue weighted by Crippen LogP contribution is -2.38. The summed E-state index contributed by atoms with van der Waals surface area (Å²) in [6, 6.07) is 6.53. The van der Waals surface area contributed by atoms with E-state index in [0.29, 0.717) is 18.4 Å². The minimum Gasteiger partial charge on any atom is -0.356 e. The first kappa shape index (κ1) is 16.5. The third kappa shape index (κ3) is 5.58. The maximum absolute atomic E-state index is 11.3. The summed E-state index contributed by atoms with van der Waals surface area (Å²) in [7, 11) is -1.97. The summed E-state index contributed by atoms with van der Waals surface area (Å²) in [5.74, 6) is 1.19. The highest BCUT2D eigenvalue weighted by molar-refractivity contribution is 7.89. The molecule has 6 nitrogen and oxygen atoms in total. The van der Waals surface area contributed by atoms with Crippen LogP contribution in [0.4, 0.5) is 0 Å². The zero-order chi connectivity index (χ0) is 15.2. The number of nitrogens with two attached hydrogens (primary N) is 1. The molecule has 1 rings (SSSR count). The molecule has 0 heterocycles. The predicted octanol–water partition coefficient (Wildman–Crippen LogP) is 0.655. The molecular formula is C13H22N4O2S. The molecule has 0 radical (unpaired) electrons. The van der Waals surface area contributed by atoms with Gasteiger partial charge >= 0.3 is 0 Å². The highest BCUT2D eigenvalue weighted by Crippen LogP contribution is 2.09. The van der Waals surface area contributed by atoms with Gasteiger partial charge in [0.2, 0.25) is 10.0 Å². The van der Waals surface area contributed by atoms with Gasteiger partial charge < -0.3 is 10.6 Å². The Morgan fingerprint density at radius 1 is 1.35 bits per heavy atom. The van der Waals surface area contributed by atoms with Gasteiger partial charge in [-0.2, -0.15) is 0 Å². The fourth-order valence-electron chi connectivity index (χ4n) is 1.54. The Bertz CT molecular complexity index is 567. The van der Waals surface area contributed by atoms with E-state index in [2.05, 4.69) is 29.5 Å². The molecule has 0 aromatic heterocycles. The molecule has 0 saturated heterocycles. The quantitative estimate of drug-likeness (QED) is 0.549. The lowest BCUT2D eigenvalue weighted by atomic mass is 10.2. The van der Waals surface area contributed by atoms with Gasteiger partial charge in [-0.25, -0.2) is 13.6 Å². The maximum atomic E-state index is 11.3. The number of benzene rings is 1. The van der Waals surface area contributed by atoms with E-state index >= 15 is 0 Å². The van der Waals surface area contributed by atoms with Crippen LogP contribution in [0.2, 0.25) is 0 Å². The maximum Gasteiger partial charge on any atom is 0.238 e. The Labute approximate surface area is 120 Å². The summed E-state index contributed by atoms with van der Waals surface area (Å²) < 4.78 is 22.6. The fourth-order valence-corrected chi connectivity index (χ4v) is 2.12. The van der Waals surface area contributed by atoms with Crippen LogP contribution in [0.25, 0.3) is 0 Å². The molecule has 1 aromatic carbocycles. The number of sulfonamides is 1. The number of guanidine groups is 1. The topological polar surface area (TPSA) is 96.6 Å². The van der Waals surface area contributed by atoms with E-state index in [1.807, 2.05) is 6.07 Å². The molecule has 4 N–H and O–H groups in total. The second kappa shape index (κ2) is 7.25. The molecule has 7 heteroatoms. The third-order valence-corrected chi connectivity index (χ3v) is 3.50. The van der Waals surface area contributed by atoms with Crippen molar-refractivity contribution in [2.24, 2.45) is 16.0 Å². The van der Waals surface area contributed by atoms with Gasteiger partial charge in [-0.15, -0.1) is 0 Å². The monoisotopic (exact) mass is 298 g/mol. The smallest absolute Gasteiger partial charge is 0.238 e. The second-order valence-electron chi connectivity index (χ2n) is 4.89. The number of hydrogen-bond acceptors (Lipinski definition) is 3. The van der Waals surface area contributed by atoms with Crippen LogP contribution in [0.1, 0.15) is 19.4 Å². The van der Waals surface area contributed by atoms with Crippen LogP contribution in [0.3, 0.4) is 0 Å². The van der Waals surface area contributed by atoms with Crippen molar-refractivity contribution < 1.29 is 8.42 Å². The average molecular weight is 298 g/mol. The highest BCUT2D eigenvalue weighted by atomic mass is 32.2. The van der Waals surface area contributed by atoms with Crippen LogP contribution in [0.5, 0.6) is 0 Å². The first-order valence-electron chi connectivity index (χ1n) is 6.39. The number of rotatable bonds is 5. The molecule has 0 aliphatic heterocycles. The van der Waals surface area contributed by atoms with Crippen LogP contribution in [-0.4, -0.2) is 28.0 Å². The Hall–Kier alpha value is -1.60. The summed E-state index contributed by atoms with van der Waals surface area (Å²) in [5.41, 5.74) is 0.823. The molecule has 0 aliphatic rings. The van der Waals surface area contributed by atoms with Gasteiger partial charge in [-0.05, 0) is 23.6 Å². The van der Waals surface area contributed by atoms with Gasteiger partial charge in [0.25, 0.3) is 0 Å². The molecule has 20 heavy (non-hydrogen) atoms. The van der Waals surface area contributed by atoms with E-state index in [4.69, 9.17) is 5.14 Å². The van der Waals surface area contributed by atoms with Gasteiger partial charge in [0.05, 0.1) is 4.90 Å². The number of nitrogens with one attached hydrogen (secondary N) is 2. The lowest BCUT2D eigenvalue weighted by molar-refractivity contribution is 0.597. The molecule has 0 aliphatic carbocycles. The van der Waals surface area contributed by atoms with Gasteiger partial charge in [0, 0.05) is 20.1 Å². The van der Waals surface area contributed by atoms with Crippen LogP contribution in [0, 0.1) is 5.92 Å². The van der Waals surface area contributed by atoms with E-state index < -0.39 is 10.0 Å². The molecule has 0 bridgehead atoms. The van der Waals surface area contributed by atoms with E-state index in [-0.39, 0.29) is 4.90 Å². The van der Waals surface area contributed by atoms with E-state index in [9.17, 15) is 8.42 Å². The second-order valence-corrected chi connectivity index (χ2v) is 6.45. The lowest BCUT2D eigenvalue weighted by Gasteiger charge is -2.13. The summed E-state index contributed by atoms with van der Waals surface area (Å²) >= 11 is 0. The van der Waals surface area contributed by atoms with Gasteiger partial charge in [-0.1, -0.05) is 26.0 Å². The Kier molecular flexibility index (Phi) is 5.97. The minimum absolute atomic E-state index is 0.113. The average Bonchev–Trinajstić information content (AvgIpc) is 2.38. The zero-order valence-electron chi connectivity index (χ0n) is 12.1. The fraction of sp³-hybridized carbons (Fsp3) is 0.462. The molecular weight excluding hydrogens is 276 g/mol. The Balaban J connectivity index is 2.65. The van der Waals surface area contributed by atoms with Gasteiger partial charge in [0.1, 0.15) is 0 Å². The summed E-state index contributed by atoms with van der Waals surface area (Å²) in [6.45, 7) is 5.50. The standard InChI is InChI=1S/C13H22N4O2S/c1-10(2)8-16-13(15-3)17-9-11-5-4-6-12(7-11)20(14,18)19/h4-7,10H,8-9H2,1-3H3,(H2,14,18,19)(H2,15,16,17). The first-order valence-corrected chi connectivity index (χ1v) is 7.94. The number of hydrogen-bond donors (Lipinski definition) is 3. The van der Waals surface area contributed by atoms with Crippen LogP contribution >= 0.6 is 0 Å². The highest BCUT2D eigenvalue weighted by Gasteiger charge is 2.08. The summed E-state index contributed by atoms with van der Waals surface area (Å²) in [4.78, 5) is 4.21. The third-order valence-electron chi connectivity index (χ3n) is 2.59. The Morgan fingerprint density at radius 2 is 2.05 bits per heavy atom. The minimum atomic E-state index is -3.66. The van der Waals surface area contributed by atoms with Crippen molar-refractivity contribution in [2.75, 3.05) is 13.6 Å². The molecule has 0 unspecified atom stereocenters. The van der Waals surface area contributed by atoms with E-state index in [1.165, 1.54) is 6.07 Å². The van der Waals surface area contributed by atoms with Crippen LogP contribution < -0.4 is 15.8 Å². The van der Waals surface area contributed by atoms with Crippen molar-refractivity contribution in [2.45, 2.75) is 25.3 Å². The van der Waals surface area contributed by atoms with Gasteiger partial charge in [-0.3, -0.25) is 4.99 Å². The number of aliphatic imine (C=N–C) groups is 1. The van der Waals surface area contributed by atoms with Crippen molar-refractivity contribution in [3.05, 3.63) is 29.8 Å². The Morgan fingerprint density at radius 3 is 2.60 bits per heavy atom. The first-order chi connectivity index (χ1) is 9.32. The molecule has 0 fully saturated rings. The van der Waals surface area contributed by atoms with Gasteiger partial charge in [0.15, 0.2) is 5.96 Å². The molecule has 1 aromatic rings. The predicted molar refractivity (Wildman–Crippen MR) is 80.9 cm³/mol. The molecule has 0 saturated carbocycles. The van der Waals surface area contributed by atoms with Crippen LogP contribution in [-0.2, 0) is 16.6 Å². The molecule has 0 atom stereocenters. The summed E-state index contributed by atoms with van der Waals surface area (Å²) in [5, 5.41) is 11.4.